The molecule has 1 aromatic heterocycles. The van der Waals surface area contributed by atoms with Crippen molar-refractivity contribution in [1.29, 1.82) is 0 Å². The van der Waals surface area contributed by atoms with Crippen molar-refractivity contribution in [1.82, 2.24) is 4.98 Å². The maximum atomic E-state index is 10.0. The highest BCUT2D eigenvalue weighted by atomic mass is 16.5. The quantitative estimate of drug-likeness (QED) is 0.385. The average molecular weight is 284 g/mol. The number of rotatable bonds is 2. The molecule has 0 aliphatic rings. The zero-order valence-electron chi connectivity index (χ0n) is 13.0. The number of aromatic nitrogens is 1. The molecule has 0 atom stereocenters. The van der Waals surface area contributed by atoms with E-state index in [0.29, 0.717) is 5.82 Å². The summed E-state index contributed by atoms with van der Waals surface area (Å²) in [6, 6.07) is 11.7. The largest absolute Gasteiger partial charge is 0.384 e. The number of nitrogen functional groups attached to an aromatic ring is 1. The van der Waals surface area contributed by atoms with E-state index in [0.717, 1.165) is 22.4 Å². The van der Waals surface area contributed by atoms with Gasteiger partial charge in [0.05, 0.1) is 5.69 Å². The topological polar surface area (TPSA) is 62.1 Å². The summed E-state index contributed by atoms with van der Waals surface area (Å²) in [5.41, 5.74) is 9.25. The van der Waals surface area contributed by atoms with Gasteiger partial charge in [-0.2, -0.15) is 0 Å². The summed E-state index contributed by atoms with van der Waals surface area (Å²) in [5, 5.41) is 10.0. The van der Waals surface area contributed by atoms with E-state index in [1.54, 1.807) is 6.21 Å². The Morgan fingerprint density at radius 1 is 1.19 bits per heavy atom. The van der Waals surface area contributed by atoms with Gasteiger partial charge in [-0.1, -0.05) is 12.1 Å². The van der Waals surface area contributed by atoms with Crippen LogP contribution >= 0.6 is 0 Å². The predicted octanol–water partition coefficient (Wildman–Crippen LogP) is 3.26. The van der Waals surface area contributed by atoms with Gasteiger partial charge in [-0.15, -0.1) is 0 Å². The monoisotopic (exact) mass is 284 g/mol. The summed E-state index contributed by atoms with van der Waals surface area (Å²) in [7, 11) is 0. The van der Waals surface area contributed by atoms with Crippen molar-refractivity contribution >= 4 is 12.0 Å². The third-order valence-electron chi connectivity index (χ3n) is 3.13. The van der Waals surface area contributed by atoms with E-state index in [2.05, 4.69) is 4.98 Å². The second-order valence-corrected chi connectivity index (χ2v) is 6.22. The van der Waals surface area contributed by atoms with Crippen LogP contribution in [-0.2, 0) is 0 Å². The Bertz CT molecular complexity index is 664. The lowest BCUT2D eigenvalue weighted by Gasteiger charge is -2.09. The van der Waals surface area contributed by atoms with Crippen molar-refractivity contribution in [3.8, 4) is 11.3 Å². The number of nitrogens with zero attached hydrogens (tertiary/aromatic N) is 2. The molecule has 0 aliphatic carbocycles. The Morgan fingerprint density at radius 3 is 2.52 bits per heavy atom. The molecule has 0 unspecified atom stereocenters. The normalized spacial score (nSPS) is 12.5. The second-order valence-electron chi connectivity index (χ2n) is 6.22. The van der Waals surface area contributed by atoms with Gasteiger partial charge in [-0.3, -0.25) is 5.21 Å². The van der Waals surface area contributed by atoms with Crippen molar-refractivity contribution in [3.05, 3.63) is 47.5 Å². The van der Waals surface area contributed by atoms with E-state index >= 15 is 0 Å². The maximum absolute atomic E-state index is 10.0. The molecule has 4 heteroatoms. The van der Waals surface area contributed by atoms with Gasteiger partial charge in [0.1, 0.15) is 5.82 Å². The first-order valence-corrected chi connectivity index (χ1v) is 6.93. The smallest absolute Gasteiger partial charge is 0.223 e. The van der Waals surface area contributed by atoms with E-state index in [-0.39, 0.29) is 5.54 Å². The number of hydrogen-bond donors (Lipinski definition) is 2. The lowest BCUT2D eigenvalue weighted by molar-refractivity contribution is -0.816. The van der Waals surface area contributed by atoms with Crippen LogP contribution in [0.2, 0.25) is 0 Å². The molecular weight excluding hydrogens is 262 g/mol. The molecule has 0 aliphatic heterocycles. The summed E-state index contributed by atoms with van der Waals surface area (Å²) in [6.07, 6.45) is 1.71. The summed E-state index contributed by atoms with van der Waals surface area (Å²) in [6.45, 7) is 7.81. The Balaban J connectivity index is 2.43. The van der Waals surface area contributed by atoms with Gasteiger partial charge in [-0.05, 0) is 41.5 Å². The van der Waals surface area contributed by atoms with E-state index in [1.807, 2.05) is 64.1 Å². The van der Waals surface area contributed by atoms with Crippen molar-refractivity contribution in [2.75, 3.05) is 5.73 Å². The van der Waals surface area contributed by atoms with Crippen molar-refractivity contribution in [3.63, 3.8) is 0 Å². The van der Waals surface area contributed by atoms with Crippen LogP contribution in [0.4, 0.5) is 5.82 Å². The van der Waals surface area contributed by atoms with Crippen LogP contribution in [0, 0.1) is 6.92 Å². The van der Waals surface area contributed by atoms with Gasteiger partial charge in [0, 0.05) is 31.9 Å². The Morgan fingerprint density at radius 2 is 1.90 bits per heavy atom. The van der Waals surface area contributed by atoms with Crippen molar-refractivity contribution in [2.45, 2.75) is 33.2 Å². The van der Waals surface area contributed by atoms with Crippen LogP contribution in [0.3, 0.4) is 0 Å². The molecule has 3 N–H and O–H groups in total. The molecule has 2 aromatic rings. The molecular formula is C17H22N3O+. The molecule has 0 radical (unpaired) electrons. The van der Waals surface area contributed by atoms with Crippen molar-refractivity contribution < 1.29 is 9.95 Å². The minimum Gasteiger partial charge on any atom is -0.384 e. The highest BCUT2D eigenvalue weighted by Gasteiger charge is 2.24. The molecule has 2 rings (SSSR count). The number of nitrogens with two attached hydrogens (primary N) is 1. The number of benzene rings is 1. The van der Waals surface area contributed by atoms with Crippen LogP contribution in [0.25, 0.3) is 11.3 Å². The molecule has 0 saturated heterocycles. The zero-order valence-corrected chi connectivity index (χ0v) is 13.0. The van der Waals surface area contributed by atoms with E-state index in [4.69, 9.17) is 5.73 Å². The average Bonchev–Trinajstić information content (AvgIpc) is 2.36. The van der Waals surface area contributed by atoms with Gasteiger partial charge < -0.3 is 5.73 Å². The van der Waals surface area contributed by atoms with Gasteiger partial charge >= 0.3 is 0 Å². The Hall–Kier alpha value is -2.36. The number of anilines is 1. The molecule has 21 heavy (non-hydrogen) atoms. The summed E-state index contributed by atoms with van der Waals surface area (Å²) in [4.78, 5) is 4.36. The highest BCUT2D eigenvalue weighted by Crippen LogP contribution is 2.20. The lowest BCUT2D eigenvalue weighted by atomic mass is 10.1. The van der Waals surface area contributed by atoms with Gasteiger partial charge in [-0.25, -0.2) is 4.98 Å². The SMILES string of the molecule is Cc1cc(N)nc(-c2cccc(/C=[N+](\O)C(C)(C)C)c2)c1. The first-order valence-electron chi connectivity index (χ1n) is 6.93. The molecule has 0 amide bonds. The maximum Gasteiger partial charge on any atom is 0.223 e. The van der Waals surface area contributed by atoms with Gasteiger partial charge in [0.2, 0.25) is 11.8 Å². The van der Waals surface area contributed by atoms with Crippen LogP contribution in [-0.4, -0.2) is 26.7 Å². The van der Waals surface area contributed by atoms with Crippen molar-refractivity contribution in [2.24, 2.45) is 0 Å². The first-order chi connectivity index (χ1) is 9.75. The molecule has 4 nitrogen and oxygen atoms in total. The molecule has 0 bridgehead atoms. The predicted molar refractivity (Wildman–Crippen MR) is 85.8 cm³/mol. The third kappa shape index (κ3) is 3.81. The van der Waals surface area contributed by atoms with Gasteiger partial charge in [0.25, 0.3) is 0 Å². The summed E-state index contributed by atoms with van der Waals surface area (Å²) in [5.74, 6) is 0.512. The molecule has 1 heterocycles. The molecule has 0 saturated carbocycles. The fourth-order valence-corrected chi connectivity index (χ4v) is 1.96. The second kappa shape index (κ2) is 5.56. The third-order valence-corrected chi connectivity index (χ3v) is 3.13. The molecule has 110 valence electrons. The summed E-state index contributed by atoms with van der Waals surface area (Å²) < 4.78 is 1.21. The Kier molecular flexibility index (Phi) is 3.98. The van der Waals surface area contributed by atoms with E-state index in [9.17, 15) is 5.21 Å². The van der Waals surface area contributed by atoms with E-state index < -0.39 is 0 Å². The standard InChI is InChI=1S/C17H22N3O/c1-12-8-15(19-16(18)9-12)14-7-5-6-13(10-14)11-20(21)17(2,3)4/h5-11,21H,1-4H3,(H2,18,19)/q+1/b20-11-. The molecule has 0 spiro atoms. The highest BCUT2D eigenvalue weighted by molar-refractivity contribution is 5.79. The fourth-order valence-electron chi connectivity index (χ4n) is 1.96. The van der Waals surface area contributed by atoms with Crippen LogP contribution < -0.4 is 5.73 Å². The number of pyridine rings is 1. The van der Waals surface area contributed by atoms with Crippen LogP contribution in [0.5, 0.6) is 0 Å². The first kappa shape index (κ1) is 15.0. The molecule has 0 fully saturated rings. The number of hydrogen-bond acceptors (Lipinski definition) is 3. The van der Waals surface area contributed by atoms with Crippen LogP contribution in [0.1, 0.15) is 31.9 Å². The fraction of sp³-hybridized carbons (Fsp3) is 0.294. The van der Waals surface area contributed by atoms with Crippen LogP contribution in [0.15, 0.2) is 36.4 Å². The zero-order chi connectivity index (χ0) is 15.6. The Labute approximate surface area is 125 Å². The number of hydroxylamine groups is 1. The van der Waals surface area contributed by atoms with E-state index in [1.165, 1.54) is 4.74 Å². The molecule has 1 aromatic carbocycles. The minimum atomic E-state index is -0.345. The summed E-state index contributed by atoms with van der Waals surface area (Å²) >= 11 is 0. The number of aryl methyl sites for hydroxylation is 1. The lowest BCUT2D eigenvalue weighted by Crippen LogP contribution is -2.31. The van der Waals surface area contributed by atoms with Gasteiger partial charge in [0.15, 0.2) is 0 Å². The minimum absolute atomic E-state index is 0.345.